The minimum atomic E-state index is -1.00. The van der Waals surface area contributed by atoms with Crippen LogP contribution < -0.4 is 0 Å². The first-order chi connectivity index (χ1) is 13.4. The summed E-state index contributed by atoms with van der Waals surface area (Å²) >= 11 is 1.40. The summed E-state index contributed by atoms with van der Waals surface area (Å²) in [5, 5.41) is 4.93. The number of morpholine rings is 2. The summed E-state index contributed by atoms with van der Waals surface area (Å²) in [4.78, 5) is 34.2. The smallest absolute Gasteiger partial charge is 0.266 e. The lowest BCUT2D eigenvalue weighted by molar-refractivity contribution is -0.282. The lowest BCUT2D eigenvalue weighted by Crippen LogP contribution is -2.63. The number of ether oxygens (including phenoxy) is 2. The van der Waals surface area contributed by atoms with Gasteiger partial charge in [0.05, 0.1) is 48.8 Å². The zero-order valence-electron chi connectivity index (χ0n) is 16.2. The van der Waals surface area contributed by atoms with Crippen LogP contribution in [0, 0.1) is 13.8 Å². The van der Waals surface area contributed by atoms with Gasteiger partial charge in [-0.15, -0.1) is 11.3 Å². The maximum absolute atomic E-state index is 13.0. The molecule has 2 aromatic rings. The van der Waals surface area contributed by atoms with Crippen LogP contribution in [0.3, 0.4) is 0 Å². The largest absolute Gasteiger partial charge is 0.345 e. The maximum Gasteiger partial charge on any atom is 0.266 e. The van der Waals surface area contributed by atoms with Crippen molar-refractivity contribution in [1.82, 2.24) is 24.6 Å². The fourth-order valence-electron chi connectivity index (χ4n) is 3.63. The predicted molar refractivity (Wildman–Crippen MR) is 101 cm³/mol. The summed E-state index contributed by atoms with van der Waals surface area (Å²) in [5.41, 5.74) is 1.27. The van der Waals surface area contributed by atoms with Crippen molar-refractivity contribution in [3.63, 3.8) is 0 Å². The van der Waals surface area contributed by atoms with Gasteiger partial charge >= 0.3 is 0 Å². The Balaban J connectivity index is 1.50. The fourth-order valence-corrected chi connectivity index (χ4v) is 4.52. The second-order valence-electron chi connectivity index (χ2n) is 7.11. The van der Waals surface area contributed by atoms with Gasteiger partial charge in [0.1, 0.15) is 4.88 Å². The average molecular weight is 405 g/mol. The Bertz CT molecular complexity index is 906. The van der Waals surface area contributed by atoms with Crippen molar-refractivity contribution in [2.75, 3.05) is 39.4 Å². The molecule has 2 fully saturated rings. The predicted octanol–water partition coefficient (Wildman–Crippen LogP) is 0.835. The lowest BCUT2D eigenvalue weighted by atomic mass is 10.1. The van der Waals surface area contributed by atoms with Gasteiger partial charge in [0.15, 0.2) is 0 Å². The van der Waals surface area contributed by atoms with E-state index in [0.717, 1.165) is 10.7 Å². The first-order valence-corrected chi connectivity index (χ1v) is 9.98. The second kappa shape index (κ2) is 7.26. The minimum Gasteiger partial charge on any atom is -0.345 e. The summed E-state index contributed by atoms with van der Waals surface area (Å²) in [5.74, 6) is -1.18. The molecule has 0 radical (unpaired) electrons. The third-order valence-electron chi connectivity index (χ3n) is 4.94. The van der Waals surface area contributed by atoms with E-state index in [1.807, 2.05) is 13.8 Å². The minimum absolute atomic E-state index is 0.0647. The van der Waals surface area contributed by atoms with E-state index >= 15 is 0 Å². The van der Waals surface area contributed by atoms with Crippen LogP contribution in [0.5, 0.6) is 0 Å². The molecule has 150 valence electrons. The Morgan fingerprint density at radius 1 is 1.11 bits per heavy atom. The molecule has 0 saturated carbocycles. The summed E-state index contributed by atoms with van der Waals surface area (Å²) < 4.78 is 13.5. The Kier molecular flexibility index (Phi) is 4.94. The van der Waals surface area contributed by atoms with Crippen LogP contribution in [0.1, 0.15) is 30.7 Å². The van der Waals surface area contributed by atoms with Crippen molar-refractivity contribution >= 4 is 23.2 Å². The molecule has 2 aliphatic rings. The van der Waals surface area contributed by atoms with Crippen LogP contribution in [0.15, 0.2) is 12.4 Å². The molecule has 1 atom stereocenters. The van der Waals surface area contributed by atoms with E-state index in [2.05, 4.69) is 10.1 Å². The van der Waals surface area contributed by atoms with Crippen LogP contribution in [0.25, 0.3) is 0 Å². The summed E-state index contributed by atoms with van der Waals surface area (Å²) in [6.45, 7) is 5.95. The van der Waals surface area contributed by atoms with E-state index in [-0.39, 0.29) is 24.9 Å². The Hall–Kier alpha value is -2.30. The number of aromatic nitrogens is 3. The van der Waals surface area contributed by atoms with E-state index in [1.165, 1.54) is 11.3 Å². The number of hydrogen-bond acceptors (Lipinski definition) is 7. The van der Waals surface area contributed by atoms with Gasteiger partial charge in [-0.3, -0.25) is 14.3 Å². The highest BCUT2D eigenvalue weighted by molar-refractivity contribution is 7.13. The van der Waals surface area contributed by atoms with Gasteiger partial charge in [0.2, 0.25) is 5.79 Å². The zero-order chi connectivity index (χ0) is 19.9. The van der Waals surface area contributed by atoms with Crippen LogP contribution in [0.2, 0.25) is 0 Å². The Morgan fingerprint density at radius 3 is 2.29 bits per heavy atom. The van der Waals surface area contributed by atoms with Crippen LogP contribution in [-0.2, 0) is 16.5 Å². The number of carbonyl (C=O) groups excluding carboxylic acids is 2. The number of rotatable bonds is 2. The standard InChI is InChI=1S/C18H23N5O4S/c1-12-15(28-13(2)20-12)17(25)23-5-7-27-18(11-23)10-22(4-6-26-18)16(24)14-8-19-21(3)9-14/h8-9H,4-7,10-11H2,1-3H3. The summed E-state index contributed by atoms with van der Waals surface area (Å²) in [6.07, 6.45) is 3.24. The van der Waals surface area contributed by atoms with Gasteiger partial charge in [-0.1, -0.05) is 0 Å². The fraction of sp³-hybridized carbons (Fsp3) is 0.556. The van der Waals surface area contributed by atoms with Gasteiger partial charge in [0.25, 0.3) is 11.8 Å². The third-order valence-corrected chi connectivity index (χ3v) is 6.00. The van der Waals surface area contributed by atoms with Gasteiger partial charge in [-0.25, -0.2) is 4.98 Å². The molecule has 1 spiro atoms. The van der Waals surface area contributed by atoms with Crippen LogP contribution >= 0.6 is 11.3 Å². The zero-order valence-corrected chi connectivity index (χ0v) is 17.0. The van der Waals surface area contributed by atoms with E-state index < -0.39 is 5.79 Å². The highest BCUT2D eigenvalue weighted by Gasteiger charge is 2.45. The summed E-state index contributed by atoms with van der Waals surface area (Å²) in [7, 11) is 1.77. The molecule has 4 heterocycles. The molecule has 10 heteroatoms. The molecular formula is C18H23N5O4S. The molecule has 0 bridgehead atoms. The Morgan fingerprint density at radius 2 is 1.75 bits per heavy atom. The topological polar surface area (TPSA) is 89.8 Å². The number of hydrogen-bond donors (Lipinski definition) is 0. The molecule has 2 amide bonds. The first kappa shape index (κ1) is 19.0. The Labute approximate surface area is 166 Å². The van der Waals surface area contributed by atoms with Crippen molar-refractivity contribution in [1.29, 1.82) is 0 Å². The second-order valence-corrected chi connectivity index (χ2v) is 8.31. The molecule has 4 rings (SSSR count). The van der Waals surface area contributed by atoms with Gasteiger partial charge in [-0.2, -0.15) is 5.10 Å². The van der Waals surface area contributed by atoms with E-state index in [4.69, 9.17) is 9.47 Å². The number of carbonyl (C=O) groups is 2. The summed E-state index contributed by atoms with van der Waals surface area (Å²) in [6, 6.07) is 0. The van der Waals surface area contributed by atoms with Crippen molar-refractivity contribution < 1.29 is 19.1 Å². The quantitative estimate of drug-likeness (QED) is 0.735. The molecule has 2 aliphatic heterocycles. The third kappa shape index (κ3) is 3.54. The highest BCUT2D eigenvalue weighted by atomic mass is 32.1. The molecule has 9 nitrogen and oxygen atoms in total. The average Bonchev–Trinajstić information content (AvgIpc) is 3.25. The van der Waals surface area contributed by atoms with Crippen molar-refractivity contribution in [2.45, 2.75) is 19.6 Å². The SMILES string of the molecule is Cc1nc(C)c(C(=O)N2CCOC3(CN(C(=O)c4cnn(C)c4)CCO3)C2)s1. The van der Waals surface area contributed by atoms with E-state index in [9.17, 15) is 9.59 Å². The molecule has 0 aromatic carbocycles. The van der Waals surface area contributed by atoms with Crippen LogP contribution in [-0.4, -0.2) is 81.6 Å². The van der Waals surface area contributed by atoms with Crippen molar-refractivity contribution in [3.05, 3.63) is 33.5 Å². The number of thiazole rings is 1. The van der Waals surface area contributed by atoms with Crippen LogP contribution in [0.4, 0.5) is 0 Å². The van der Waals surface area contributed by atoms with E-state index in [1.54, 1.807) is 33.9 Å². The monoisotopic (exact) mass is 405 g/mol. The van der Waals surface area contributed by atoms with Gasteiger partial charge in [-0.05, 0) is 13.8 Å². The molecule has 0 aliphatic carbocycles. The molecule has 1 unspecified atom stereocenters. The molecular weight excluding hydrogens is 382 g/mol. The molecule has 2 saturated heterocycles. The van der Waals surface area contributed by atoms with Gasteiger partial charge < -0.3 is 19.3 Å². The van der Waals surface area contributed by atoms with Crippen molar-refractivity contribution in [2.24, 2.45) is 7.05 Å². The van der Waals surface area contributed by atoms with Crippen molar-refractivity contribution in [3.8, 4) is 0 Å². The van der Waals surface area contributed by atoms with Gasteiger partial charge in [0, 0.05) is 26.3 Å². The first-order valence-electron chi connectivity index (χ1n) is 9.16. The lowest BCUT2D eigenvalue weighted by Gasteiger charge is -2.47. The number of aryl methyl sites for hydroxylation is 3. The normalized spacial score (nSPS) is 22.7. The maximum atomic E-state index is 13.0. The number of amides is 2. The van der Waals surface area contributed by atoms with E-state index in [0.29, 0.717) is 36.7 Å². The number of nitrogens with zero attached hydrogens (tertiary/aromatic N) is 5. The highest BCUT2D eigenvalue weighted by Crippen LogP contribution is 2.28. The molecule has 2 aromatic heterocycles. The molecule has 0 N–H and O–H groups in total. The molecule has 28 heavy (non-hydrogen) atoms.